The van der Waals surface area contributed by atoms with Crippen LogP contribution in [0.25, 0.3) is 0 Å². The van der Waals surface area contributed by atoms with Crippen molar-refractivity contribution in [2.45, 2.75) is 31.6 Å². The molecule has 160 valence electrons. The predicted octanol–water partition coefficient (Wildman–Crippen LogP) is 5.90. The Morgan fingerprint density at radius 1 is 0.903 bits per heavy atom. The quantitative estimate of drug-likeness (QED) is 0.368. The summed E-state index contributed by atoms with van der Waals surface area (Å²) in [4.78, 5) is 15.0. The van der Waals surface area contributed by atoms with Gasteiger partial charge in [0.05, 0.1) is 0 Å². The molecule has 2 N–H and O–H groups in total. The van der Waals surface area contributed by atoms with Crippen LogP contribution in [0.3, 0.4) is 0 Å². The van der Waals surface area contributed by atoms with Gasteiger partial charge in [-0.2, -0.15) is 0 Å². The summed E-state index contributed by atoms with van der Waals surface area (Å²) in [6.45, 7) is 3.14. The Labute approximate surface area is 184 Å². The van der Waals surface area contributed by atoms with Crippen LogP contribution < -0.4 is 10.5 Å². The maximum absolute atomic E-state index is 12.6. The number of anilines is 1. The van der Waals surface area contributed by atoms with Gasteiger partial charge in [-0.15, -0.1) is 0 Å². The number of para-hydroxylation sites is 1. The maximum atomic E-state index is 12.6. The molecule has 1 aliphatic rings. The molecule has 4 heteroatoms. The first-order chi connectivity index (χ1) is 15.2. The van der Waals surface area contributed by atoms with Crippen LogP contribution in [0.4, 0.5) is 5.69 Å². The number of likely N-dealkylation sites (tertiary alicyclic amines) is 1. The number of piperidine rings is 1. The van der Waals surface area contributed by atoms with Crippen LogP contribution in [0.1, 0.15) is 47.5 Å². The minimum Gasteiger partial charge on any atom is -0.457 e. The molecule has 0 unspecified atom stereocenters. The van der Waals surface area contributed by atoms with Gasteiger partial charge in [0.2, 0.25) is 0 Å². The Hall–Kier alpha value is -3.11. The molecule has 0 amide bonds. The Morgan fingerprint density at radius 3 is 2.32 bits per heavy atom. The monoisotopic (exact) mass is 414 g/mol. The van der Waals surface area contributed by atoms with Crippen LogP contribution in [-0.2, 0) is 0 Å². The van der Waals surface area contributed by atoms with Gasteiger partial charge >= 0.3 is 0 Å². The molecular weight excluding hydrogens is 384 g/mol. The van der Waals surface area contributed by atoms with E-state index in [1.54, 1.807) is 0 Å². The lowest BCUT2D eigenvalue weighted by molar-refractivity contribution is 0.0972. The molecule has 0 bridgehead atoms. The van der Waals surface area contributed by atoms with E-state index in [0.29, 0.717) is 12.3 Å². The standard InChI is InChI=1S/C27H30N2O2/c28-24-7-4-6-23(20-24)21-15-18-29(19-16-21)17-5-10-27(30)22-11-13-26(14-12-22)31-25-8-2-1-3-9-25/h1-4,6-9,11-14,20-21H,5,10,15-19,28H2. The van der Waals surface area contributed by atoms with Crippen LogP contribution in [-0.4, -0.2) is 30.3 Å². The van der Waals surface area contributed by atoms with E-state index in [1.165, 1.54) is 5.56 Å². The molecular formula is C27H30N2O2. The van der Waals surface area contributed by atoms with Crippen molar-refractivity contribution in [2.75, 3.05) is 25.4 Å². The van der Waals surface area contributed by atoms with Gasteiger partial charge in [0.15, 0.2) is 5.78 Å². The second kappa shape index (κ2) is 10.3. The van der Waals surface area contributed by atoms with E-state index in [0.717, 1.165) is 61.6 Å². The lowest BCUT2D eigenvalue weighted by atomic mass is 9.89. The predicted molar refractivity (Wildman–Crippen MR) is 126 cm³/mol. The second-order valence-corrected chi connectivity index (χ2v) is 8.25. The Balaban J connectivity index is 1.19. The molecule has 1 fully saturated rings. The number of carbonyl (C=O) groups is 1. The van der Waals surface area contributed by atoms with Gasteiger partial charge < -0.3 is 15.4 Å². The van der Waals surface area contributed by atoms with Gasteiger partial charge in [0.1, 0.15) is 11.5 Å². The minimum absolute atomic E-state index is 0.195. The van der Waals surface area contributed by atoms with Gasteiger partial charge in [-0.25, -0.2) is 0 Å². The lowest BCUT2D eigenvalue weighted by Crippen LogP contribution is -2.33. The normalized spacial score (nSPS) is 15.0. The maximum Gasteiger partial charge on any atom is 0.162 e. The number of benzene rings is 3. The molecule has 0 saturated carbocycles. The van der Waals surface area contributed by atoms with Crippen LogP contribution in [0, 0.1) is 0 Å². The largest absolute Gasteiger partial charge is 0.457 e. The van der Waals surface area contributed by atoms with Crippen molar-refractivity contribution < 1.29 is 9.53 Å². The smallest absolute Gasteiger partial charge is 0.162 e. The number of hydrogen-bond acceptors (Lipinski definition) is 4. The van der Waals surface area contributed by atoms with E-state index < -0.39 is 0 Å². The van der Waals surface area contributed by atoms with Gasteiger partial charge in [0, 0.05) is 17.7 Å². The Kier molecular flexibility index (Phi) is 7.00. The molecule has 3 aromatic rings. The number of hydrogen-bond donors (Lipinski definition) is 1. The summed E-state index contributed by atoms with van der Waals surface area (Å²) in [6, 6.07) is 25.4. The fourth-order valence-corrected chi connectivity index (χ4v) is 4.24. The first kappa shape index (κ1) is 21.1. The molecule has 0 aliphatic carbocycles. The second-order valence-electron chi connectivity index (χ2n) is 8.25. The highest BCUT2D eigenvalue weighted by molar-refractivity contribution is 5.96. The summed E-state index contributed by atoms with van der Waals surface area (Å²) in [5.41, 5.74) is 8.88. The molecule has 0 atom stereocenters. The highest BCUT2D eigenvalue weighted by atomic mass is 16.5. The molecule has 4 nitrogen and oxygen atoms in total. The van der Waals surface area contributed by atoms with Crippen molar-refractivity contribution in [1.82, 2.24) is 4.90 Å². The lowest BCUT2D eigenvalue weighted by Gasteiger charge is -2.32. The van der Waals surface area contributed by atoms with E-state index in [4.69, 9.17) is 10.5 Å². The molecule has 1 saturated heterocycles. The van der Waals surface area contributed by atoms with Crippen LogP contribution in [0.15, 0.2) is 78.9 Å². The van der Waals surface area contributed by atoms with Crippen LogP contribution >= 0.6 is 0 Å². The van der Waals surface area contributed by atoms with Gasteiger partial charge in [-0.3, -0.25) is 4.79 Å². The molecule has 0 spiro atoms. The van der Waals surface area contributed by atoms with Crippen molar-refractivity contribution in [3.05, 3.63) is 90.0 Å². The number of Topliss-reactive ketones (excluding diaryl/α,β-unsaturated/α-hetero) is 1. The van der Waals surface area contributed by atoms with E-state index in [9.17, 15) is 4.79 Å². The summed E-state index contributed by atoms with van der Waals surface area (Å²) < 4.78 is 5.80. The molecule has 1 aliphatic heterocycles. The molecule has 4 rings (SSSR count). The van der Waals surface area contributed by atoms with Crippen molar-refractivity contribution in [3.63, 3.8) is 0 Å². The highest BCUT2D eigenvalue weighted by Crippen LogP contribution is 2.29. The van der Waals surface area contributed by atoms with Crippen molar-refractivity contribution in [3.8, 4) is 11.5 Å². The van der Waals surface area contributed by atoms with Gasteiger partial charge in [0.25, 0.3) is 0 Å². The number of rotatable bonds is 8. The number of nitrogens with zero attached hydrogens (tertiary/aromatic N) is 1. The summed E-state index contributed by atoms with van der Waals surface area (Å²) in [7, 11) is 0. The third kappa shape index (κ3) is 5.96. The van der Waals surface area contributed by atoms with Crippen molar-refractivity contribution in [2.24, 2.45) is 0 Å². The van der Waals surface area contributed by atoms with Gasteiger partial charge in [-0.1, -0.05) is 30.3 Å². The van der Waals surface area contributed by atoms with Crippen molar-refractivity contribution >= 4 is 11.5 Å². The van der Waals surface area contributed by atoms with E-state index in [2.05, 4.69) is 17.0 Å². The van der Waals surface area contributed by atoms with Crippen LogP contribution in [0.5, 0.6) is 11.5 Å². The molecule has 31 heavy (non-hydrogen) atoms. The molecule has 1 heterocycles. The molecule has 0 radical (unpaired) electrons. The molecule has 0 aromatic heterocycles. The number of carbonyl (C=O) groups excluding carboxylic acids is 1. The fourth-order valence-electron chi connectivity index (χ4n) is 4.24. The van der Waals surface area contributed by atoms with E-state index in [-0.39, 0.29) is 5.78 Å². The Morgan fingerprint density at radius 2 is 1.61 bits per heavy atom. The Bertz CT molecular complexity index is 978. The summed E-state index contributed by atoms with van der Waals surface area (Å²) in [5, 5.41) is 0. The van der Waals surface area contributed by atoms with Gasteiger partial charge in [-0.05, 0) is 98.9 Å². The number of nitrogens with two attached hydrogens (primary N) is 1. The summed E-state index contributed by atoms with van der Waals surface area (Å²) in [5.74, 6) is 2.32. The first-order valence-electron chi connectivity index (χ1n) is 11.1. The zero-order valence-corrected chi connectivity index (χ0v) is 17.9. The zero-order chi connectivity index (χ0) is 21.5. The zero-order valence-electron chi connectivity index (χ0n) is 17.9. The third-order valence-corrected chi connectivity index (χ3v) is 6.00. The average molecular weight is 415 g/mol. The molecule has 3 aromatic carbocycles. The summed E-state index contributed by atoms with van der Waals surface area (Å²) >= 11 is 0. The minimum atomic E-state index is 0.195. The first-order valence-corrected chi connectivity index (χ1v) is 11.1. The van der Waals surface area contributed by atoms with Crippen molar-refractivity contribution in [1.29, 1.82) is 0 Å². The number of nitrogen functional groups attached to an aromatic ring is 1. The highest BCUT2D eigenvalue weighted by Gasteiger charge is 2.20. The van der Waals surface area contributed by atoms with Crippen LogP contribution in [0.2, 0.25) is 0 Å². The number of ketones is 1. The topological polar surface area (TPSA) is 55.6 Å². The SMILES string of the molecule is Nc1cccc(C2CCN(CCCC(=O)c3ccc(Oc4ccccc4)cc3)CC2)c1. The van der Waals surface area contributed by atoms with E-state index in [1.807, 2.05) is 66.7 Å². The number of ether oxygens (including phenoxy) is 1. The third-order valence-electron chi connectivity index (χ3n) is 6.00. The summed E-state index contributed by atoms with van der Waals surface area (Å²) in [6.07, 6.45) is 3.78. The van der Waals surface area contributed by atoms with E-state index >= 15 is 0 Å². The fraction of sp³-hybridized carbons (Fsp3) is 0.296. The average Bonchev–Trinajstić information content (AvgIpc) is 2.81.